The Bertz CT molecular complexity index is 1280. The van der Waals surface area contributed by atoms with Gasteiger partial charge in [-0.25, -0.2) is 4.79 Å². The lowest BCUT2D eigenvalue weighted by molar-refractivity contribution is 0.0699. The number of benzene rings is 2. The number of nitrogens with one attached hydrogen (secondary N) is 1. The average Bonchev–Trinajstić information content (AvgIpc) is 3.25. The van der Waals surface area contributed by atoms with Crippen LogP contribution in [0.1, 0.15) is 25.6 Å². The third-order valence-electron chi connectivity index (χ3n) is 4.53. The van der Waals surface area contributed by atoms with Gasteiger partial charge in [0.05, 0.1) is 10.6 Å². The number of nitrogen functional groups attached to an aromatic ring is 1. The van der Waals surface area contributed by atoms with Gasteiger partial charge in [0, 0.05) is 15.4 Å². The number of fused-ring (bicyclic) bond motifs is 1. The van der Waals surface area contributed by atoms with Crippen LogP contribution in [0, 0.1) is 0 Å². The van der Waals surface area contributed by atoms with Gasteiger partial charge in [0.1, 0.15) is 21.2 Å². The van der Waals surface area contributed by atoms with E-state index in [1.54, 1.807) is 18.2 Å². The highest BCUT2D eigenvalue weighted by molar-refractivity contribution is 9.08. The van der Waals surface area contributed by atoms with Crippen LogP contribution in [0.25, 0.3) is 20.5 Å². The molecule has 0 bridgehead atoms. The van der Waals surface area contributed by atoms with Gasteiger partial charge in [-0.1, -0.05) is 52.3 Å². The topological polar surface area (TPSA) is 113 Å². The lowest BCUT2D eigenvalue weighted by atomic mass is 10.1. The molecule has 2 aromatic heterocycles. The van der Waals surface area contributed by atoms with E-state index in [2.05, 4.69) is 21.2 Å². The molecule has 0 unspecified atom stereocenters. The Kier molecular flexibility index (Phi) is 5.50. The Hall–Kier alpha value is -2.88. The Morgan fingerprint density at radius 3 is 2.40 bits per heavy atom. The van der Waals surface area contributed by atoms with Crippen LogP contribution >= 0.6 is 38.6 Å². The maximum Gasteiger partial charge on any atom is 0.339 e. The summed E-state index contributed by atoms with van der Waals surface area (Å²) in [4.78, 5) is 25.4. The molecule has 6 nitrogen and oxygen atoms in total. The van der Waals surface area contributed by atoms with E-state index >= 15 is 0 Å². The molecule has 152 valence electrons. The lowest BCUT2D eigenvalue weighted by Crippen LogP contribution is -2.14. The van der Waals surface area contributed by atoms with Crippen molar-refractivity contribution < 1.29 is 19.8 Å². The molecule has 4 aromatic rings. The number of alkyl halides is 1. The number of carbonyl (C=O) groups is 2. The van der Waals surface area contributed by atoms with Crippen molar-refractivity contribution in [1.29, 1.82) is 0 Å². The van der Waals surface area contributed by atoms with E-state index in [0.29, 0.717) is 21.2 Å². The molecular weight excluding hydrogens is 488 g/mol. The number of aromatic carboxylic acids is 1. The molecule has 0 radical (unpaired) electrons. The van der Waals surface area contributed by atoms with Crippen molar-refractivity contribution in [2.75, 3.05) is 11.1 Å². The first kappa shape index (κ1) is 20.4. The van der Waals surface area contributed by atoms with Crippen molar-refractivity contribution in [1.82, 2.24) is 0 Å². The maximum absolute atomic E-state index is 12.9. The fourth-order valence-corrected chi connectivity index (χ4v) is 5.47. The lowest BCUT2D eigenvalue weighted by Gasteiger charge is -2.07. The first-order valence-electron chi connectivity index (χ1n) is 8.73. The number of aromatic hydroxyl groups is 1. The largest absolute Gasteiger partial charge is 0.506 e. The normalized spacial score (nSPS) is 11.0. The van der Waals surface area contributed by atoms with Gasteiger partial charge in [0.25, 0.3) is 5.91 Å². The molecule has 2 aromatic carbocycles. The minimum Gasteiger partial charge on any atom is -0.506 e. The summed E-state index contributed by atoms with van der Waals surface area (Å²) in [7, 11) is 0. The summed E-state index contributed by atoms with van der Waals surface area (Å²) in [6.45, 7) is 0. The number of nitrogens with two attached hydrogens (primary N) is 1. The maximum atomic E-state index is 12.9. The molecule has 2 heterocycles. The molecule has 0 fully saturated rings. The molecule has 0 atom stereocenters. The van der Waals surface area contributed by atoms with E-state index in [4.69, 9.17) is 5.73 Å². The summed E-state index contributed by atoms with van der Waals surface area (Å²) in [6.07, 6.45) is 0. The smallest absolute Gasteiger partial charge is 0.339 e. The highest BCUT2D eigenvalue weighted by Gasteiger charge is 2.26. The Balaban J connectivity index is 1.75. The molecule has 30 heavy (non-hydrogen) atoms. The quantitative estimate of drug-likeness (QED) is 0.259. The number of thiophene rings is 2. The highest BCUT2D eigenvalue weighted by Crippen LogP contribution is 2.43. The van der Waals surface area contributed by atoms with E-state index in [1.807, 2.05) is 30.3 Å². The molecule has 0 aliphatic carbocycles. The summed E-state index contributed by atoms with van der Waals surface area (Å²) in [6, 6.07) is 14.5. The average molecular weight is 503 g/mol. The zero-order valence-corrected chi connectivity index (χ0v) is 18.5. The Labute approximate surface area is 187 Å². The Morgan fingerprint density at radius 1 is 1.07 bits per heavy atom. The standard InChI is InChI=1S/C21H15BrN2O4S2/c22-9-10-5-7-11(8-6-10)17-14(21(27)28)15(19(23)30-17)24-20(26)18-16(25)12-3-1-2-4-13(12)29-18/h1-8,25H,9,23H2,(H,24,26)(H,27,28). The molecule has 0 spiro atoms. The van der Waals surface area contributed by atoms with Crippen molar-refractivity contribution in [2.24, 2.45) is 0 Å². The van der Waals surface area contributed by atoms with Gasteiger partial charge in [-0.3, -0.25) is 4.79 Å². The van der Waals surface area contributed by atoms with Crippen LogP contribution in [-0.2, 0) is 5.33 Å². The molecule has 5 N–H and O–H groups in total. The van der Waals surface area contributed by atoms with Gasteiger partial charge in [-0.2, -0.15) is 0 Å². The molecular formula is C21H15BrN2O4S2. The van der Waals surface area contributed by atoms with Crippen molar-refractivity contribution in [3.8, 4) is 16.2 Å². The van der Waals surface area contributed by atoms with Crippen LogP contribution in [0.2, 0.25) is 0 Å². The molecule has 0 saturated carbocycles. The predicted molar refractivity (Wildman–Crippen MR) is 125 cm³/mol. The molecule has 9 heteroatoms. The van der Waals surface area contributed by atoms with Gasteiger partial charge in [0.2, 0.25) is 0 Å². The first-order chi connectivity index (χ1) is 14.4. The highest BCUT2D eigenvalue weighted by atomic mass is 79.9. The zero-order valence-electron chi connectivity index (χ0n) is 15.3. The van der Waals surface area contributed by atoms with Crippen LogP contribution in [0.4, 0.5) is 10.7 Å². The predicted octanol–water partition coefficient (Wildman–Crippen LogP) is 5.76. The van der Waals surface area contributed by atoms with E-state index in [1.165, 1.54) is 0 Å². The Morgan fingerprint density at radius 2 is 1.77 bits per heavy atom. The SMILES string of the molecule is Nc1sc(-c2ccc(CBr)cc2)c(C(=O)O)c1NC(=O)c1sc2ccccc2c1O. The van der Waals surface area contributed by atoms with Gasteiger partial charge in [0.15, 0.2) is 0 Å². The second-order valence-corrected chi connectivity index (χ2v) is 9.08. The van der Waals surface area contributed by atoms with Gasteiger partial charge in [-0.15, -0.1) is 22.7 Å². The number of carboxylic acids is 1. The van der Waals surface area contributed by atoms with Crippen molar-refractivity contribution in [3.63, 3.8) is 0 Å². The van der Waals surface area contributed by atoms with Crippen molar-refractivity contribution in [2.45, 2.75) is 5.33 Å². The summed E-state index contributed by atoms with van der Waals surface area (Å²) < 4.78 is 0.754. The van der Waals surface area contributed by atoms with E-state index < -0.39 is 11.9 Å². The number of amides is 1. The second-order valence-electron chi connectivity index (χ2n) is 6.41. The summed E-state index contributed by atoms with van der Waals surface area (Å²) in [5.74, 6) is -1.94. The molecule has 1 amide bonds. The summed E-state index contributed by atoms with van der Waals surface area (Å²) >= 11 is 5.60. The number of carboxylic acid groups (broad SMARTS) is 1. The zero-order chi connectivity index (χ0) is 21.4. The number of halogens is 1. The molecule has 0 saturated heterocycles. The third-order valence-corrected chi connectivity index (χ3v) is 7.41. The number of hydrogen-bond acceptors (Lipinski definition) is 6. The van der Waals surface area contributed by atoms with Crippen LogP contribution in [0.3, 0.4) is 0 Å². The number of carbonyl (C=O) groups excluding carboxylic acids is 1. The minimum absolute atomic E-state index is 0.0360. The monoisotopic (exact) mass is 502 g/mol. The molecule has 4 rings (SSSR count). The third kappa shape index (κ3) is 3.55. The van der Waals surface area contributed by atoms with Gasteiger partial charge >= 0.3 is 5.97 Å². The van der Waals surface area contributed by atoms with E-state index in [0.717, 1.165) is 32.9 Å². The minimum atomic E-state index is -1.20. The number of anilines is 2. The fourth-order valence-electron chi connectivity index (χ4n) is 3.08. The van der Waals surface area contributed by atoms with Crippen LogP contribution in [0.15, 0.2) is 48.5 Å². The van der Waals surface area contributed by atoms with Crippen LogP contribution < -0.4 is 11.1 Å². The fraction of sp³-hybridized carbons (Fsp3) is 0.0476. The first-order valence-corrected chi connectivity index (χ1v) is 11.5. The van der Waals surface area contributed by atoms with Crippen molar-refractivity contribution in [3.05, 3.63) is 64.5 Å². The molecule has 0 aliphatic rings. The van der Waals surface area contributed by atoms with Gasteiger partial charge < -0.3 is 21.3 Å². The molecule has 0 aliphatic heterocycles. The number of rotatable bonds is 5. The van der Waals surface area contributed by atoms with Crippen LogP contribution in [-0.4, -0.2) is 22.1 Å². The second kappa shape index (κ2) is 8.10. The number of hydrogen-bond donors (Lipinski definition) is 4. The summed E-state index contributed by atoms with van der Waals surface area (Å²) in [5, 5.41) is 24.3. The van der Waals surface area contributed by atoms with Gasteiger partial charge in [-0.05, 0) is 23.3 Å². The van der Waals surface area contributed by atoms with Crippen molar-refractivity contribution >= 4 is 71.3 Å². The van der Waals surface area contributed by atoms with Crippen LogP contribution in [0.5, 0.6) is 5.75 Å². The van der Waals surface area contributed by atoms with E-state index in [-0.39, 0.29) is 26.9 Å². The van der Waals surface area contributed by atoms with E-state index in [9.17, 15) is 19.8 Å². The summed E-state index contributed by atoms with van der Waals surface area (Å²) in [5.41, 5.74) is 7.80.